The van der Waals surface area contributed by atoms with Crippen LogP contribution in [0.1, 0.15) is 10.6 Å². The molecule has 0 unspecified atom stereocenters. The highest BCUT2D eigenvalue weighted by molar-refractivity contribution is 8.20. The molecule has 4 aromatic rings. The van der Waals surface area contributed by atoms with Crippen molar-refractivity contribution in [1.82, 2.24) is 4.98 Å². The van der Waals surface area contributed by atoms with E-state index in [1.807, 2.05) is 86.5 Å². The molecule has 6 rings (SSSR count). The van der Waals surface area contributed by atoms with Crippen LogP contribution in [0, 0.1) is 13.8 Å². The van der Waals surface area contributed by atoms with Crippen molar-refractivity contribution in [1.29, 1.82) is 0 Å². The quantitative estimate of drug-likeness (QED) is 0.246. The number of halogens is 1. The molecule has 5 nitrogen and oxygen atoms in total. The van der Waals surface area contributed by atoms with Gasteiger partial charge in [-0.3, -0.25) is 9.69 Å². The van der Waals surface area contributed by atoms with Gasteiger partial charge in [0.1, 0.15) is 4.91 Å². The Morgan fingerprint density at radius 1 is 1.00 bits per heavy atom. The number of amides is 1. The van der Waals surface area contributed by atoms with Gasteiger partial charge in [0.15, 0.2) is 5.17 Å². The number of benzene rings is 3. The Hall–Kier alpha value is -2.78. The lowest BCUT2D eigenvalue weighted by Crippen LogP contribution is -2.29. The lowest BCUT2D eigenvalue weighted by atomic mass is 10.2. The maximum Gasteiger partial charge on any atom is 0.274 e. The highest BCUT2D eigenvalue weighted by Gasteiger charge is 2.40. The van der Waals surface area contributed by atoms with E-state index in [0.29, 0.717) is 15.1 Å². The summed E-state index contributed by atoms with van der Waals surface area (Å²) >= 11 is 10.9. The topological polar surface area (TPSA) is 48.8 Å². The maximum absolute atomic E-state index is 13.9. The summed E-state index contributed by atoms with van der Waals surface area (Å²) in [5.41, 5.74) is 4.56. The lowest BCUT2D eigenvalue weighted by molar-refractivity contribution is -0.113. The molecule has 1 amide bonds. The normalized spacial score (nSPS) is 18.9. The molecule has 9 heteroatoms. The van der Waals surface area contributed by atoms with E-state index in [2.05, 4.69) is 4.98 Å². The zero-order valence-electron chi connectivity index (χ0n) is 19.1. The predicted molar refractivity (Wildman–Crippen MR) is 150 cm³/mol. The molecule has 0 radical (unpaired) electrons. The molecular formula is C26H19ClN4OS3. The first-order chi connectivity index (χ1) is 16.9. The molecule has 3 aromatic carbocycles. The van der Waals surface area contributed by atoms with E-state index in [1.165, 1.54) is 11.8 Å². The monoisotopic (exact) mass is 534 g/mol. The van der Waals surface area contributed by atoms with Crippen molar-refractivity contribution >= 4 is 84.8 Å². The van der Waals surface area contributed by atoms with Crippen LogP contribution in [0.5, 0.6) is 0 Å². The number of hydrogen-bond acceptors (Lipinski definition) is 7. The summed E-state index contributed by atoms with van der Waals surface area (Å²) in [6, 6.07) is 19.7. The van der Waals surface area contributed by atoms with Crippen molar-refractivity contribution in [2.45, 2.75) is 18.7 Å². The minimum absolute atomic E-state index is 0.0850. The highest BCUT2D eigenvalue weighted by Crippen LogP contribution is 2.51. The van der Waals surface area contributed by atoms with Gasteiger partial charge in [-0.25, -0.2) is 9.98 Å². The van der Waals surface area contributed by atoms with Crippen molar-refractivity contribution in [3.8, 4) is 0 Å². The number of thioether (sulfide) groups is 2. The van der Waals surface area contributed by atoms with Crippen LogP contribution in [0.3, 0.4) is 0 Å². The van der Waals surface area contributed by atoms with Crippen LogP contribution < -0.4 is 9.80 Å². The van der Waals surface area contributed by atoms with Crippen LogP contribution in [0.4, 0.5) is 17.1 Å². The molecular weight excluding hydrogens is 516 g/mol. The summed E-state index contributed by atoms with van der Waals surface area (Å²) in [4.78, 5) is 28.9. The summed E-state index contributed by atoms with van der Waals surface area (Å²) in [5, 5.41) is 3.19. The van der Waals surface area contributed by atoms with Gasteiger partial charge in [-0.15, -0.1) is 11.3 Å². The Balaban J connectivity index is 1.47. The van der Waals surface area contributed by atoms with Gasteiger partial charge >= 0.3 is 0 Å². The summed E-state index contributed by atoms with van der Waals surface area (Å²) in [6.45, 7) is 4.02. The lowest BCUT2D eigenvalue weighted by Gasteiger charge is -2.17. The predicted octanol–water partition coefficient (Wildman–Crippen LogP) is 7.75. The number of rotatable bonds is 2. The van der Waals surface area contributed by atoms with Crippen molar-refractivity contribution in [3.05, 3.63) is 86.2 Å². The van der Waals surface area contributed by atoms with Crippen LogP contribution in [-0.2, 0) is 4.79 Å². The van der Waals surface area contributed by atoms with Crippen molar-refractivity contribution < 1.29 is 4.79 Å². The first-order valence-corrected chi connectivity index (χ1v) is 13.7. The van der Waals surface area contributed by atoms with E-state index in [-0.39, 0.29) is 5.91 Å². The second-order valence-electron chi connectivity index (χ2n) is 8.27. The molecule has 174 valence electrons. The number of carbonyl (C=O) groups is 1. The Bertz CT molecular complexity index is 1590. The smallest absolute Gasteiger partial charge is 0.274 e. The van der Waals surface area contributed by atoms with Crippen molar-refractivity contribution in [2.75, 3.05) is 16.8 Å². The Morgan fingerprint density at radius 2 is 1.86 bits per heavy atom. The number of aromatic nitrogens is 1. The third-order valence-corrected chi connectivity index (χ3v) is 9.31. The second kappa shape index (κ2) is 8.71. The fraction of sp³-hybridized carbons (Fsp3) is 0.115. The molecule has 1 fully saturated rings. The standard InChI is InChI=1S/C26H19ClN4OS3/c1-14-5-4-6-18(11-14)31-24(32)23(25-30(3)20-12-16(27)7-9-22(20)34-25)35-26(31)29-17-8-10-21-19(13-17)28-15(2)33-21/h4-13H,1-3H3/b25-23-,29-26?. The van der Waals surface area contributed by atoms with Gasteiger partial charge in [0.25, 0.3) is 5.91 Å². The molecule has 0 spiro atoms. The molecule has 3 heterocycles. The van der Waals surface area contributed by atoms with E-state index in [0.717, 1.165) is 47.8 Å². The fourth-order valence-corrected chi connectivity index (χ4v) is 7.40. The molecule has 0 aliphatic carbocycles. The second-order valence-corrected chi connectivity index (χ2v) is 11.9. The molecule has 2 aliphatic rings. The Morgan fingerprint density at radius 3 is 2.69 bits per heavy atom. The van der Waals surface area contributed by atoms with E-state index >= 15 is 0 Å². The molecule has 1 aromatic heterocycles. The summed E-state index contributed by atoms with van der Waals surface area (Å²) in [6.07, 6.45) is 0. The SMILES string of the molecule is Cc1cccc(N2C(=O)/C(=C3/Sc4ccc(Cl)cc4N3C)SC2=Nc2ccc3sc(C)nc3c2)c1. The van der Waals surface area contributed by atoms with Crippen LogP contribution >= 0.6 is 46.5 Å². The van der Waals surface area contributed by atoms with Gasteiger partial charge in [-0.2, -0.15) is 0 Å². The van der Waals surface area contributed by atoms with E-state index in [1.54, 1.807) is 28.0 Å². The third-order valence-electron chi connectivity index (χ3n) is 5.73. The van der Waals surface area contributed by atoms with Gasteiger partial charge in [0.2, 0.25) is 0 Å². The summed E-state index contributed by atoms with van der Waals surface area (Å²) in [5.74, 6) is -0.0850. The number of thiazole rings is 1. The van der Waals surface area contributed by atoms with Crippen molar-refractivity contribution in [2.24, 2.45) is 4.99 Å². The van der Waals surface area contributed by atoms with Gasteiger partial charge < -0.3 is 4.90 Å². The number of carbonyl (C=O) groups excluding carboxylic acids is 1. The van der Waals surface area contributed by atoms with Crippen molar-refractivity contribution in [3.63, 3.8) is 0 Å². The fourth-order valence-electron chi connectivity index (χ4n) is 4.10. The largest absolute Gasteiger partial charge is 0.337 e. The number of amidine groups is 1. The van der Waals surface area contributed by atoms with Gasteiger partial charge in [0.05, 0.1) is 37.3 Å². The van der Waals surface area contributed by atoms with E-state index in [4.69, 9.17) is 16.6 Å². The minimum Gasteiger partial charge on any atom is -0.337 e. The zero-order chi connectivity index (χ0) is 24.3. The number of hydrogen-bond donors (Lipinski definition) is 0. The average Bonchev–Trinajstić information content (AvgIpc) is 3.46. The molecule has 0 bridgehead atoms. The maximum atomic E-state index is 13.9. The number of anilines is 2. The highest BCUT2D eigenvalue weighted by atomic mass is 35.5. The first kappa shape index (κ1) is 22.7. The molecule has 1 saturated heterocycles. The number of aliphatic imine (C=N–C) groups is 1. The molecule has 0 saturated carbocycles. The molecule has 0 atom stereocenters. The Labute approximate surface area is 220 Å². The zero-order valence-corrected chi connectivity index (χ0v) is 22.3. The number of fused-ring (bicyclic) bond motifs is 2. The summed E-state index contributed by atoms with van der Waals surface area (Å²) in [7, 11) is 1.97. The van der Waals surface area contributed by atoms with Crippen LogP contribution in [0.25, 0.3) is 10.2 Å². The molecule has 0 N–H and O–H groups in total. The molecule has 2 aliphatic heterocycles. The van der Waals surface area contributed by atoms with Crippen LogP contribution in [0.2, 0.25) is 5.02 Å². The summed E-state index contributed by atoms with van der Waals surface area (Å²) < 4.78 is 1.13. The van der Waals surface area contributed by atoms with Gasteiger partial charge in [-0.05, 0) is 79.7 Å². The number of nitrogens with zero attached hydrogens (tertiary/aromatic N) is 4. The first-order valence-electron chi connectivity index (χ1n) is 10.9. The third kappa shape index (κ3) is 4.04. The van der Waals surface area contributed by atoms with Crippen LogP contribution in [-0.4, -0.2) is 23.1 Å². The minimum atomic E-state index is -0.0850. The molecule has 35 heavy (non-hydrogen) atoms. The Kier molecular flexibility index (Phi) is 5.64. The van der Waals surface area contributed by atoms with E-state index < -0.39 is 0 Å². The van der Waals surface area contributed by atoms with Gasteiger partial charge in [0, 0.05) is 17.0 Å². The van der Waals surface area contributed by atoms with E-state index in [9.17, 15) is 4.79 Å². The van der Waals surface area contributed by atoms with Crippen LogP contribution in [0.15, 0.2) is 80.5 Å². The van der Waals surface area contributed by atoms with Gasteiger partial charge in [-0.1, -0.05) is 35.5 Å². The number of aryl methyl sites for hydroxylation is 2. The average molecular weight is 535 g/mol.